The Kier molecular flexibility index (Phi) is 14.1. The van der Waals surface area contributed by atoms with Crippen molar-refractivity contribution >= 4 is 42.0 Å². The molecule has 10 heteroatoms. The van der Waals surface area contributed by atoms with Gasteiger partial charge in [0.15, 0.2) is 29.4 Å². The van der Waals surface area contributed by atoms with E-state index in [2.05, 4.69) is 182 Å². The lowest BCUT2D eigenvalue weighted by Gasteiger charge is -2.08. The molecule has 0 atom stereocenters. The van der Waals surface area contributed by atoms with Crippen LogP contribution in [0.2, 0.25) is 0 Å². The van der Waals surface area contributed by atoms with E-state index in [0.29, 0.717) is 0 Å². The molecule has 0 aliphatic carbocycles. The molecule has 0 amide bonds. The minimum absolute atomic E-state index is 0.0146. The number of hydrogen-bond acceptors (Lipinski definition) is 6. The molecule has 0 bridgehead atoms. The van der Waals surface area contributed by atoms with E-state index in [0.717, 1.165) is 0 Å². The van der Waals surface area contributed by atoms with Gasteiger partial charge in [-0.3, -0.25) is 0 Å². The highest BCUT2D eigenvalue weighted by Gasteiger charge is 2.28. The highest BCUT2D eigenvalue weighted by atomic mass is 32.2. The first kappa shape index (κ1) is 36.7. The van der Waals surface area contributed by atoms with Crippen molar-refractivity contribution < 1.29 is 25.9 Å². The van der Waals surface area contributed by atoms with Gasteiger partial charge in [-0.05, 0) is 72.8 Å². The van der Waals surface area contributed by atoms with E-state index in [1.54, 1.807) is 0 Å². The molecule has 0 aliphatic heterocycles. The highest BCUT2D eigenvalue weighted by Crippen LogP contribution is 2.31. The number of benzene rings is 6. The molecule has 6 aromatic carbocycles. The summed E-state index contributed by atoms with van der Waals surface area (Å²) < 4.78 is 58.3. The molecule has 0 aromatic heterocycles. The summed E-state index contributed by atoms with van der Waals surface area (Å²) in [6.45, 7) is 0. The Bertz CT molecular complexity index is 1660. The number of hydrogen-bond donors (Lipinski definition) is 0. The van der Waals surface area contributed by atoms with Gasteiger partial charge in [0.2, 0.25) is 0 Å². The van der Waals surface area contributed by atoms with Crippen LogP contribution in [-0.2, 0) is 42.0 Å². The van der Waals surface area contributed by atoms with Crippen LogP contribution in [0.5, 0.6) is 0 Å². The third-order valence-corrected chi connectivity index (χ3v) is 12.6. The Hall–Kier alpha value is -4.16. The predicted molar refractivity (Wildman–Crippen MR) is 192 cm³/mol. The fourth-order valence-electron chi connectivity index (χ4n) is 4.36. The van der Waals surface area contributed by atoms with Gasteiger partial charge in [-0.1, -0.05) is 109 Å². The van der Waals surface area contributed by atoms with Crippen LogP contribution >= 0.6 is 0 Å². The van der Waals surface area contributed by atoms with Gasteiger partial charge >= 0.3 is 0 Å². The van der Waals surface area contributed by atoms with E-state index in [-0.39, 0.29) is 21.8 Å². The molecule has 246 valence electrons. The third-order valence-electron chi connectivity index (χ3n) is 6.46. The Morgan fingerprint density at radius 3 is 0.583 bits per heavy atom. The summed E-state index contributed by atoms with van der Waals surface area (Å²) >= 11 is 0. The first-order valence-corrected chi connectivity index (χ1v) is 20.4. The quantitative estimate of drug-likeness (QED) is 0.112. The van der Waals surface area contributed by atoms with Gasteiger partial charge in [-0.25, -0.2) is 16.8 Å². The largest absolute Gasteiger partial charge is 0.748 e. The second-order valence-corrected chi connectivity index (χ2v) is 17.1. The van der Waals surface area contributed by atoms with Crippen LogP contribution in [0.15, 0.2) is 211 Å². The van der Waals surface area contributed by atoms with Crippen molar-refractivity contribution in [3.8, 4) is 0 Å². The number of rotatable bonds is 9. The molecule has 0 spiro atoms. The maximum atomic E-state index is 9.72. The van der Waals surface area contributed by atoms with Crippen LogP contribution in [0.25, 0.3) is 0 Å². The van der Waals surface area contributed by atoms with Crippen LogP contribution in [0, 0.1) is 0 Å². The first-order valence-electron chi connectivity index (χ1n) is 14.8. The zero-order chi connectivity index (χ0) is 34.2. The Morgan fingerprint density at radius 2 is 0.458 bits per heavy atom. The van der Waals surface area contributed by atoms with Crippen molar-refractivity contribution in [1.82, 2.24) is 0 Å². The Labute approximate surface area is 289 Å². The summed E-state index contributed by atoms with van der Waals surface area (Å²) in [6, 6.07) is 64.3. The minimum Gasteiger partial charge on any atom is -0.748 e. The molecular formula is C38H34O6S4. The normalized spacial score (nSPS) is 11.2. The summed E-state index contributed by atoms with van der Waals surface area (Å²) in [6.07, 6.45) is 0. The SMILES string of the molecule is O=S(=O)([O-])CCS(=O)(=O)[O-].c1ccc([S+](c2ccccc2)c2ccccc2)cc1.c1ccc([S+](c2ccccc2)c2ccccc2)cc1. The predicted octanol–water partition coefficient (Wildman–Crippen LogP) is 7.64. The summed E-state index contributed by atoms with van der Waals surface area (Å²) in [7, 11) is -9.20. The lowest BCUT2D eigenvalue weighted by molar-refractivity contribution is 0.452. The molecule has 0 N–H and O–H groups in total. The van der Waals surface area contributed by atoms with Gasteiger partial charge in [0.05, 0.1) is 53.5 Å². The van der Waals surface area contributed by atoms with Crippen LogP contribution in [0.1, 0.15) is 0 Å². The molecular weight excluding hydrogens is 681 g/mol. The van der Waals surface area contributed by atoms with E-state index < -0.39 is 31.7 Å². The van der Waals surface area contributed by atoms with Gasteiger partial charge in [-0.15, -0.1) is 0 Å². The van der Waals surface area contributed by atoms with Crippen molar-refractivity contribution in [2.75, 3.05) is 11.5 Å². The molecule has 6 rings (SSSR count). The van der Waals surface area contributed by atoms with Crippen LogP contribution in [0.3, 0.4) is 0 Å². The Balaban J connectivity index is 0.000000172. The third kappa shape index (κ3) is 12.5. The van der Waals surface area contributed by atoms with Crippen molar-refractivity contribution in [2.24, 2.45) is 0 Å². The first-order chi connectivity index (χ1) is 23.1. The molecule has 6 aromatic rings. The second-order valence-electron chi connectivity index (χ2n) is 10.0. The fraction of sp³-hybridized carbons (Fsp3) is 0.0526. The topological polar surface area (TPSA) is 114 Å². The van der Waals surface area contributed by atoms with Crippen LogP contribution in [0.4, 0.5) is 0 Å². The average molecular weight is 715 g/mol. The fourth-order valence-corrected chi connectivity index (χ4v) is 10.2. The summed E-state index contributed by atoms with van der Waals surface area (Å²) in [4.78, 5) is 8.17. The van der Waals surface area contributed by atoms with Crippen molar-refractivity contribution in [3.05, 3.63) is 182 Å². The molecule has 0 saturated heterocycles. The average Bonchev–Trinajstić information content (AvgIpc) is 3.11. The summed E-state index contributed by atoms with van der Waals surface area (Å²) in [5, 5.41) is 0. The maximum absolute atomic E-state index is 9.72. The highest BCUT2D eigenvalue weighted by molar-refractivity contribution is 7.97. The zero-order valence-electron chi connectivity index (χ0n) is 25.8. The maximum Gasteiger partial charge on any atom is 0.166 e. The minimum atomic E-state index is -4.59. The molecule has 0 unspecified atom stereocenters. The lowest BCUT2D eigenvalue weighted by Crippen LogP contribution is -2.15. The second kappa shape index (κ2) is 18.4. The van der Waals surface area contributed by atoms with E-state index in [1.165, 1.54) is 29.4 Å². The van der Waals surface area contributed by atoms with Gasteiger partial charge in [0.25, 0.3) is 0 Å². The Morgan fingerprint density at radius 1 is 0.312 bits per heavy atom. The summed E-state index contributed by atoms with van der Waals surface area (Å²) in [5.74, 6) is -2.31. The monoisotopic (exact) mass is 714 g/mol. The van der Waals surface area contributed by atoms with Gasteiger partial charge in [0.1, 0.15) is 0 Å². The van der Waals surface area contributed by atoms with Crippen molar-refractivity contribution in [2.45, 2.75) is 29.4 Å². The molecule has 0 radical (unpaired) electrons. The van der Waals surface area contributed by atoms with Crippen molar-refractivity contribution in [1.29, 1.82) is 0 Å². The van der Waals surface area contributed by atoms with E-state index in [4.69, 9.17) is 0 Å². The zero-order valence-corrected chi connectivity index (χ0v) is 29.1. The van der Waals surface area contributed by atoms with Crippen LogP contribution < -0.4 is 0 Å². The smallest absolute Gasteiger partial charge is 0.166 e. The molecule has 0 aliphatic rings. The van der Waals surface area contributed by atoms with Gasteiger partial charge < -0.3 is 9.11 Å². The summed E-state index contributed by atoms with van der Waals surface area (Å²) in [5.41, 5.74) is 0. The van der Waals surface area contributed by atoms with E-state index >= 15 is 0 Å². The molecule has 0 saturated carbocycles. The van der Waals surface area contributed by atoms with Crippen LogP contribution in [-0.4, -0.2) is 37.4 Å². The lowest BCUT2D eigenvalue weighted by atomic mass is 10.4. The van der Waals surface area contributed by atoms with E-state index in [1.807, 2.05) is 0 Å². The standard InChI is InChI=1S/2C18H15S.C2H6O6S2/c2*1-4-10-16(11-5-1)19(17-12-6-2-7-13-17)18-14-8-3-9-15-18;3-9(4,5)1-2-10(6,7)8/h2*1-15H;1-2H2,(H,3,4,5)(H,6,7,8)/q2*+1;/p-2. The van der Waals surface area contributed by atoms with Crippen molar-refractivity contribution in [3.63, 3.8) is 0 Å². The van der Waals surface area contributed by atoms with E-state index in [9.17, 15) is 25.9 Å². The van der Waals surface area contributed by atoms with Gasteiger partial charge in [-0.2, -0.15) is 0 Å². The van der Waals surface area contributed by atoms with Gasteiger partial charge in [0, 0.05) is 0 Å². The molecule has 0 fully saturated rings. The molecule has 6 nitrogen and oxygen atoms in total. The molecule has 48 heavy (non-hydrogen) atoms. The molecule has 0 heterocycles.